The molecule has 9 heteroatoms. The van der Waals surface area contributed by atoms with Crippen LogP contribution in [0.4, 0.5) is 24.7 Å². The third-order valence-corrected chi connectivity index (χ3v) is 5.67. The predicted molar refractivity (Wildman–Crippen MR) is 113 cm³/mol. The highest BCUT2D eigenvalue weighted by Crippen LogP contribution is 2.33. The summed E-state index contributed by atoms with van der Waals surface area (Å²) in [5.41, 5.74) is 2.48. The van der Waals surface area contributed by atoms with Crippen molar-refractivity contribution in [3.05, 3.63) is 52.8 Å². The zero-order valence-corrected chi connectivity index (χ0v) is 17.6. The molecule has 1 atom stereocenters. The van der Waals surface area contributed by atoms with Gasteiger partial charge in [0, 0.05) is 24.5 Å². The average Bonchev–Trinajstić information content (AvgIpc) is 2.73. The Morgan fingerprint density at radius 2 is 2.03 bits per heavy atom. The Hall–Kier alpha value is -2.94. The van der Waals surface area contributed by atoms with E-state index in [1.165, 1.54) is 13.0 Å². The molecule has 2 aromatic heterocycles. The number of nitrogens with zero attached hydrogens (tertiary/aromatic N) is 4. The molecule has 6 nitrogen and oxygen atoms in total. The zero-order valence-electron chi connectivity index (χ0n) is 17.6. The highest BCUT2D eigenvalue weighted by molar-refractivity contribution is 5.92. The summed E-state index contributed by atoms with van der Waals surface area (Å²) in [7, 11) is 0. The molecule has 1 aromatic carbocycles. The van der Waals surface area contributed by atoms with Gasteiger partial charge in [-0.1, -0.05) is 12.1 Å². The van der Waals surface area contributed by atoms with Crippen LogP contribution in [-0.2, 0) is 17.5 Å². The Kier molecular flexibility index (Phi) is 5.70. The molecule has 31 heavy (non-hydrogen) atoms. The number of ether oxygens (including phenoxy) is 1. The van der Waals surface area contributed by atoms with E-state index < -0.39 is 11.7 Å². The van der Waals surface area contributed by atoms with E-state index in [4.69, 9.17) is 4.74 Å². The monoisotopic (exact) mass is 431 g/mol. The number of aryl methyl sites for hydroxylation is 1. The van der Waals surface area contributed by atoms with Gasteiger partial charge in [-0.05, 0) is 44.0 Å². The van der Waals surface area contributed by atoms with E-state index >= 15 is 0 Å². The van der Waals surface area contributed by atoms with Crippen LogP contribution in [0.25, 0.3) is 10.9 Å². The molecule has 1 aliphatic rings. The van der Waals surface area contributed by atoms with Crippen molar-refractivity contribution in [2.75, 3.05) is 30.0 Å². The van der Waals surface area contributed by atoms with E-state index in [2.05, 4.69) is 32.3 Å². The maximum atomic E-state index is 13.2. The lowest BCUT2D eigenvalue weighted by Gasteiger charge is -2.35. The number of halogens is 3. The maximum Gasteiger partial charge on any atom is 0.416 e. The zero-order chi connectivity index (χ0) is 22.2. The predicted octanol–water partition coefficient (Wildman–Crippen LogP) is 4.50. The molecule has 0 radical (unpaired) electrons. The van der Waals surface area contributed by atoms with E-state index in [0.29, 0.717) is 35.8 Å². The molecule has 3 heterocycles. The van der Waals surface area contributed by atoms with Gasteiger partial charge in [-0.25, -0.2) is 0 Å². The standard InChI is InChI=1S/C22H24F3N5O/c1-13-12-31-8-7-30(13)17-9-18-20(26-11-17)15(3)28-29-21(18)27-10-16-5-4-6-19(14(16)2)22(23,24)25/h4-6,9,11,13H,7-8,10,12H2,1-3H3,(H,27,29). The van der Waals surface area contributed by atoms with E-state index in [9.17, 15) is 13.2 Å². The number of hydrogen-bond donors (Lipinski definition) is 1. The van der Waals surface area contributed by atoms with Crippen LogP contribution in [-0.4, -0.2) is 41.0 Å². The summed E-state index contributed by atoms with van der Waals surface area (Å²) >= 11 is 0. The number of nitrogens with one attached hydrogen (secondary N) is 1. The van der Waals surface area contributed by atoms with Crippen LogP contribution in [0.2, 0.25) is 0 Å². The molecular formula is C22H24F3N5O. The SMILES string of the molecule is Cc1c(CNc2nnc(C)c3ncc(N4CCOCC4C)cc23)cccc1C(F)(F)F. The first kappa shape index (κ1) is 21.3. The van der Waals surface area contributed by atoms with Crippen molar-refractivity contribution >= 4 is 22.4 Å². The van der Waals surface area contributed by atoms with Crippen molar-refractivity contribution in [3.8, 4) is 0 Å². The summed E-state index contributed by atoms with van der Waals surface area (Å²) in [4.78, 5) is 6.82. The fraction of sp³-hybridized carbons (Fsp3) is 0.409. The number of anilines is 2. The normalized spacial score (nSPS) is 17.2. The number of fused-ring (bicyclic) bond motifs is 1. The van der Waals surface area contributed by atoms with Crippen LogP contribution in [0.15, 0.2) is 30.5 Å². The van der Waals surface area contributed by atoms with Gasteiger partial charge in [0.05, 0.1) is 41.9 Å². The van der Waals surface area contributed by atoms with Crippen molar-refractivity contribution < 1.29 is 17.9 Å². The largest absolute Gasteiger partial charge is 0.416 e. The van der Waals surface area contributed by atoms with E-state index in [1.807, 2.05) is 19.2 Å². The highest BCUT2D eigenvalue weighted by atomic mass is 19.4. The van der Waals surface area contributed by atoms with Crippen LogP contribution >= 0.6 is 0 Å². The van der Waals surface area contributed by atoms with Gasteiger partial charge >= 0.3 is 6.18 Å². The quantitative estimate of drug-likeness (QED) is 0.657. The third kappa shape index (κ3) is 4.27. The third-order valence-electron chi connectivity index (χ3n) is 5.67. The van der Waals surface area contributed by atoms with Gasteiger partial charge in [-0.3, -0.25) is 4.98 Å². The van der Waals surface area contributed by atoms with Crippen LogP contribution in [0, 0.1) is 13.8 Å². The lowest BCUT2D eigenvalue weighted by Crippen LogP contribution is -2.43. The molecule has 1 saturated heterocycles. The maximum absolute atomic E-state index is 13.2. The summed E-state index contributed by atoms with van der Waals surface area (Å²) < 4.78 is 45.2. The molecule has 0 spiro atoms. The Morgan fingerprint density at radius 1 is 1.23 bits per heavy atom. The van der Waals surface area contributed by atoms with Crippen LogP contribution < -0.4 is 10.2 Å². The lowest BCUT2D eigenvalue weighted by molar-refractivity contribution is -0.138. The number of aromatic nitrogens is 3. The van der Waals surface area contributed by atoms with Gasteiger partial charge in [0.2, 0.25) is 0 Å². The molecule has 4 rings (SSSR count). The fourth-order valence-electron chi connectivity index (χ4n) is 3.91. The minimum absolute atomic E-state index is 0.195. The van der Waals surface area contributed by atoms with Gasteiger partial charge < -0.3 is 15.0 Å². The van der Waals surface area contributed by atoms with Gasteiger partial charge in [0.1, 0.15) is 0 Å². The molecule has 1 fully saturated rings. The summed E-state index contributed by atoms with van der Waals surface area (Å²) in [6, 6.07) is 6.42. The van der Waals surface area contributed by atoms with Crippen LogP contribution in [0.5, 0.6) is 0 Å². The second-order valence-corrected chi connectivity index (χ2v) is 7.78. The van der Waals surface area contributed by atoms with Gasteiger partial charge in [0.15, 0.2) is 5.82 Å². The van der Waals surface area contributed by atoms with Crippen molar-refractivity contribution in [1.29, 1.82) is 0 Å². The molecule has 1 aliphatic heterocycles. The van der Waals surface area contributed by atoms with Crippen LogP contribution in [0.3, 0.4) is 0 Å². The van der Waals surface area contributed by atoms with Crippen molar-refractivity contribution in [2.45, 2.75) is 39.5 Å². The van der Waals surface area contributed by atoms with Gasteiger partial charge in [0.25, 0.3) is 0 Å². The molecule has 0 amide bonds. The highest BCUT2D eigenvalue weighted by Gasteiger charge is 2.32. The van der Waals surface area contributed by atoms with Gasteiger partial charge in [-0.15, -0.1) is 5.10 Å². The number of hydrogen-bond acceptors (Lipinski definition) is 6. The smallest absolute Gasteiger partial charge is 0.377 e. The summed E-state index contributed by atoms with van der Waals surface area (Å²) in [6.07, 6.45) is -2.57. The Bertz CT molecular complexity index is 1100. The summed E-state index contributed by atoms with van der Waals surface area (Å²) in [6.45, 7) is 7.66. The minimum atomic E-state index is -4.38. The van der Waals surface area contributed by atoms with Crippen molar-refractivity contribution in [2.24, 2.45) is 0 Å². The molecular weight excluding hydrogens is 407 g/mol. The van der Waals surface area contributed by atoms with E-state index in [-0.39, 0.29) is 18.2 Å². The van der Waals surface area contributed by atoms with Crippen molar-refractivity contribution in [3.63, 3.8) is 0 Å². The number of rotatable bonds is 4. The molecule has 3 aromatic rings. The summed E-state index contributed by atoms with van der Waals surface area (Å²) in [5.74, 6) is 0.493. The first-order valence-electron chi connectivity index (χ1n) is 10.1. The first-order chi connectivity index (χ1) is 14.8. The first-order valence-corrected chi connectivity index (χ1v) is 10.1. The molecule has 1 unspecified atom stereocenters. The Morgan fingerprint density at radius 3 is 2.77 bits per heavy atom. The Balaban J connectivity index is 1.67. The number of benzene rings is 1. The number of pyridine rings is 1. The van der Waals surface area contributed by atoms with Gasteiger partial charge in [-0.2, -0.15) is 18.3 Å². The summed E-state index contributed by atoms with van der Waals surface area (Å²) in [5, 5.41) is 12.4. The minimum Gasteiger partial charge on any atom is -0.377 e. The molecule has 164 valence electrons. The molecule has 0 saturated carbocycles. The van der Waals surface area contributed by atoms with E-state index in [0.717, 1.165) is 23.7 Å². The fourth-order valence-corrected chi connectivity index (χ4v) is 3.91. The number of alkyl halides is 3. The topological polar surface area (TPSA) is 63.2 Å². The number of morpholine rings is 1. The van der Waals surface area contributed by atoms with Crippen LogP contribution in [0.1, 0.15) is 29.3 Å². The second-order valence-electron chi connectivity index (χ2n) is 7.78. The Labute approximate surface area is 178 Å². The second kappa shape index (κ2) is 8.30. The molecule has 0 bridgehead atoms. The average molecular weight is 431 g/mol. The molecule has 0 aliphatic carbocycles. The molecule has 1 N–H and O–H groups in total. The van der Waals surface area contributed by atoms with Crippen molar-refractivity contribution in [1.82, 2.24) is 15.2 Å². The lowest BCUT2D eigenvalue weighted by atomic mass is 10.0. The van der Waals surface area contributed by atoms with E-state index in [1.54, 1.807) is 6.07 Å².